The molecule has 0 bridgehead atoms. The van der Waals surface area contributed by atoms with Gasteiger partial charge in [-0.2, -0.15) is 0 Å². The molecule has 3 N–H and O–H groups in total. The number of rotatable bonds is 75. The van der Waals surface area contributed by atoms with Gasteiger partial charge in [0.1, 0.15) is 19.3 Å². The Morgan fingerprint density at radius 3 is 0.634 bits per heavy atom. The fourth-order valence-corrected chi connectivity index (χ4v) is 13.0. The van der Waals surface area contributed by atoms with Crippen LogP contribution in [0.5, 0.6) is 0 Å². The van der Waals surface area contributed by atoms with E-state index in [1.54, 1.807) is 0 Å². The van der Waals surface area contributed by atoms with Crippen molar-refractivity contribution in [2.75, 3.05) is 39.6 Å². The number of phosphoric acid groups is 2. The lowest BCUT2D eigenvalue weighted by atomic mass is 10.0. The van der Waals surface area contributed by atoms with Crippen molar-refractivity contribution in [3.63, 3.8) is 0 Å². The first-order valence-corrected chi connectivity index (χ1v) is 41.8. The van der Waals surface area contributed by atoms with Crippen LogP contribution < -0.4 is 0 Å². The maximum Gasteiger partial charge on any atom is 0.472 e. The Labute approximate surface area is 568 Å². The van der Waals surface area contributed by atoms with Gasteiger partial charge in [-0.15, -0.1) is 0 Å². The smallest absolute Gasteiger partial charge is 0.462 e. The van der Waals surface area contributed by atoms with Crippen molar-refractivity contribution in [1.82, 2.24) is 0 Å². The van der Waals surface area contributed by atoms with Crippen LogP contribution in [0.3, 0.4) is 0 Å². The first kappa shape index (κ1) is 91.1. The molecule has 0 aromatic heterocycles. The maximum atomic E-state index is 13.1. The highest BCUT2D eigenvalue weighted by molar-refractivity contribution is 7.47. The molecule has 0 aliphatic rings. The van der Waals surface area contributed by atoms with Gasteiger partial charge >= 0.3 is 39.5 Å². The van der Waals surface area contributed by atoms with Gasteiger partial charge in [0, 0.05) is 25.7 Å². The monoisotopic (exact) mass is 1370 g/mol. The van der Waals surface area contributed by atoms with E-state index in [9.17, 15) is 43.2 Å². The number of esters is 4. The predicted molar refractivity (Wildman–Crippen MR) is 377 cm³/mol. The van der Waals surface area contributed by atoms with Crippen molar-refractivity contribution in [1.29, 1.82) is 0 Å². The van der Waals surface area contributed by atoms with E-state index in [2.05, 4.69) is 27.7 Å². The van der Waals surface area contributed by atoms with Gasteiger partial charge in [-0.3, -0.25) is 37.3 Å². The SMILES string of the molecule is CCCCCCCCCCCCCCCCCCCCCCCC(=O)O[C@H](COC(=O)CCCCCCCCCCCCCCCCCC)COP(=O)(O)OC[C@@H](O)COP(=O)(O)OC[C@@H](COC(=O)CCCCCCCCC)OC(=O)CCCCCCCCCCC. The minimum atomic E-state index is -4.95. The first-order chi connectivity index (χ1) is 45.2. The summed E-state index contributed by atoms with van der Waals surface area (Å²) in [5.41, 5.74) is 0. The number of unbranched alkanes of at least 4 members (excludes halogenated alkanes) is 49. The van der Waals surface area contributed by atoms with Crippen LogP contribution in [0, 0.1) is 0 Å². The number of carbonyl (C=O) groups excluding carboxylic acids is 4. The molecular formula is C74H144O17P2. The predicted octanol–water partition coefficient (Wildman–Crippen LogP) is 21.8. The number of aliphatic hydroxyl groups excluding tert-OH is 1. The zero-order chi connectivity index (χ0) is 68.2. The topological polar surface area (TPSA) is 237 Å². The molecule has 0 saturated carbocycles. The molecule has 17 nitrogen and oxygen atoms in total. The third kappa shape index (κ3) is 68.4. The van der Waals surface area contributed by atoms with Gasteiger partial charge in [-0.25, -0.2) is 9.13 Å². The number of ether oxygens (including phenoxy) is 4. The summed E-state index contributed by atoms with van der Waals surface area (Å²) in [6.07, 6.45) is 58.6. The lowest BCUT2D eigenvalue weighted by molar-refractivity contribution is -0.161. The second-order valence-electron chi connectivity index (χ2n) is 26.7. The molecule has 0 aliphatic heterocycles. The van der Waals surface area contributed by atoms with Gasteiger partial charge < -0.3 is 33.8 Å². The van der Waals surface area contributed by atoms with Crippen LogP contribution in [0.4, 0.5) is 0 Å². The van der Waals surface area contributed by atoms with Crippen molar-refractivity contribution < 1.29 is 80.2 Å². The molecule has 0 saturated heterocycles. The summed E-state index contributed by atoms with van der Waals surface area (Å²) in [6, 6.07) is 0. The van der Waals surface area contributed by atoms with E-state index in [0.717, 1.165) is 103 Å². The molecule has 0 spiro atoms. The molecule has 0 aliphatic carbocycles. The molecule has 0 radical (unpaired) electrons. The Balaban J connectivity index is 5.14. The van der Waals surface area contributed by atoms with Gasteiger partial charge in [-0.1, -0.05) is 342 Å². The fourth-order valence-electron chi connectivity index (χ4n) is 11.4. The number of hydrogen-bond donors (Lipinski definition) is 3. The normalized spacial score (nSPS) is 13.9. The van der Waals surface area contributed by atoms with Crippen LogP contribution in [0.25, 0.3) is 0 Å². The van der Waals surface area contributed by atoms with Crippen LogP contribution in [0.1, 0.15) is 394 Å². The summed E-state index contributed by atoms with van der Waals surface area (Å²) >= 11 is 0. The summed E-state index contributed by atoms with van der Waals surface area (Å²) in [5.74, 6) is -2.12. The number of phosphoric ester groups is 2. The van der Waals surface area contributed by atoms with E-state index in [1.165, 1.54) is 212 Å². The summed E-state index contributed by atoms with van der Waals surface area (Å²) in [5, 5.41) is 10.6. The minimum Gasteiger partial charge on any atom is -0.462 e. The zero-order valence-corrected chi connectivity index (χ0v) is 62.0. The van der Waals surface area contributed by atoms with Gasteiger partial charge in [0.25, 0.3) is 0 Å². The summed E-state index contributed by atoms with van der Waals surface area (Å²) in [4.78, 5) is 72.5. The van der Waals surface area contributed by atoms with E-state index in [1.807, 2.05) is 0 Å². The Morgan fingerprint density at radius 2 is 0.430 bits per heavy atom. The van der Waals surface area contributed by atoms with Crippen LogP contribution in [-0.2, 0) is 65.4 Å². The van der Waals surface area contributed by atoms with E-state index in [0.29, 0.717) is 25.7 Å². The molecular weight excluding hydrogens is 1220 g/mol. The lowest BCUT2D eigenvalue weighted by Crippen LogP contribution is -2.30. The van der Waals surface area contributed by atoms with Crippen molar-refractivity contribution in [2.24, 2.45) is 0 Å². The average molecular weight is 1370 g/mol. The second kappa shape index (κ2) is 68.6. The highest BCUT2D eigenvalue weighted by atomic mass is 31.2. The zero-order valence-electron chi connectivity index (χ0n) is 60.2. The third-order valence-corrected chi connectivity index (χ3v) is 19.3. The third-order valence-electron chi connectivity index (χ3n) is 17.4. The molecule has 0 amide bonds. The summed E-state index contributed by atoms with van der Waals surface area (Å²) in [6.45, 7) is 4.91. The lowest BCUT2D eigenvalue weighted by Gasteiger charge is -2.21. The summed E-state index contributed by atoms with van der Waals surface area (Å²) in [7, 11) is -9.89. The minimum absolute atomic E-state index is 0.106. The van der Waals surface area contributed by atoms with Gasteiger partial charge in [0.05, 0.1) is 26.4 Å². The molecule has 93 heavy (non-hydrogen) atoms. The number of aliphatic hydroxyl groups is 1. The fraction of sp³-hybridized carbons (Fsp3) is 0.946. The highest BCUT2D eigenvalue weighted by Crippen LogP contribution is 2.45. The van der Waals surface area contributed by atoms with E-state index in [4.69, 9.17) is 37.0 Å². The maximum absolute atomic E-state index is 13.1. The Hall–Kier alpha value is -1.94. The second-order valence-corrected chi connectivity index (χ2v) is 29.6. The molecule has 552 valence electrons. The van der Waals surface area contributed by atoms with Crippen LogP contribution in [-0.4, -0.2) is 96.7 Å². The van der Waals surface area contributed by atoms with Crippen molar-refractivity contribution in [2.45, 2.75) is 412 Å². The summed E-state index contributed by atoms with van der Waals surface area (Å²) < 4.78 is 68.3. The molecule has 0 aromatic carbocycles. The van der Waals surface area contributed by atoms with Crippen molar-refractivity contribution in [3.8, 4) is 0 Å². The molecule has 0 heterocycles. The largest absolute Gasteiger partial charge is 0.472 e. The van der Waals surface area contributed by atoms with Gasteiger partial charge in [0.2, 0.25) is 0 Å². The molecule has 0 fully saturated rings. The van der Waals surface area contributed by atoms with E-state index < -0.39 is 97.5 Å². The molecule has 19 heteroatoms. The Kier molecular flexibility index (Phi) is 67.1. The average Bonchev–Trinajstić information content (AvgIpc) is 2.91. The van der Waals surface area contributed by atoms with Crippen molar-refractivity contribution in [3.05, 3.63) is 0 Å². The molecule has 0 rings (SSSR count). The standard InChI is InChI=1S/C74H144O17P2/c1-5-9-13-17-21-24-26-28-30-32-33-34-35-36-38-40-42-45-49-53-57-61-74(79)91-70(65-85-72(77)59-55-51-47-44-41-39-37-31-29-27-25-22-18-14-10-6-2)67-89-93(82,83)87-63-68(75)62-86-92(80,81)88-66-69(64-84-71(76)58-54-50-46-20-16-12-8-4)90-73(78)60-56-52-48-43-23-19-15-11-7-3/h68-70,75H,5-67H2,1-4H3,(H,80,81)(H,82,83)/t68-,69+,70+/m0/s1. The first-order valence-electron chi connectivity index (χ1n) is 38.8. The van der Waals surface area contributed by atoms with Crippen molar-refractivity contribution >= 4 is 39.5 Å². The van der Waals surface area contributed by atoms with Crippen LogP contribution in [0.2, 0.25) is 0 Å². The quantitative estimate of drug-likeness (QED) is 0.0222. The molecule has 5 atom stereocenters. The van der Waals surface area contributed by atoms with E-state index in [-0.39, 0.29) is 25.7 Å². The molecule has 2 unspecified atom stereocenters. The van der Waals surface area contributed by atoms with Gasteiger partial charge in [0.15, 0.2) is 12.2 Å². The number of carbonyl (C=O) groups is 4. The van der Waals surface area contributed by atoms with E-state index >= 15 is 0 Å². The Morgan fingerprint density at radius 1 is 0.258 bits per heavy atom. The van der Waals surface area contributed by atoms with Crippen LogP contribution in [0.15, 0.2) is 0 Å². The Bertz CT molecular complexity index is 1770. The highest BCUT2D eigenvalue weighted by Gasteiger charge is 2.30. The molecule has 0 aromatic rings. The van der Waals surface area contributed by atoms with Gasteiger partial charge in [-0.05, 0) is 25.7 Å². The number of hydrogen-bond acceptors (Lipinski definition) is 15. The van der Waals surface area contributed by atoms with Crippen LogP contribution >= 0.6 is 15.6 Å².